The molecule has 19 heavy (non-hydrogen) atoms. The van der Waals surface area contributed by atoms with Crippen LogP contribution in [0.25, 0.3) is 5.69 Å². The highest BCUT2D eigenvalue weighted by atomic mass is 79.9. The minimum Gasteiger partial charge on any atom is -0.497 e. The molecule has 0 bridgehead atoms. The molecule has 100 valence electrons. The molecule has 0 saturated carbocycles. The van der Waals surface area contributed by atoms with Crippen LogP contribution in [0.2, 0.25) is 0 Å². The van der Waals surface area contributed by atoms with Crippen LogP contribution in [-0.2, 0) is 0 Å². The number of nitrogens with zero attached hydrogens (tertiary/aromatic N) is 3. The third kappa shape index (κ3) is 2.33. The molecule has 2 rings (SSSR count). The fourth-order valence-electron chi connectivity index (χ4n) is 1.81. The van der Waals surface area contributed by atoms with Crippen molar-refractivity contribution in [1.82, 2.24) is 9.78 Å². The number of rotatable bonds is 3. The SMILES string of the molecule is COc1ccc([N+](=O)[O-])c(-n2nc(C)c(Br)c2C)c1. The van der Waals surface area contributed by atoms with Crippen molar-refractivity contribution in [1.29, 1.82) is 0 Å². The number of nitro benzene ring substituents is 1. The lowest BCUT2D eigenvalue weighted by Crippen LogP contribution is -2.04. The third-order valence-electron chi connectivity index (χ3n) is 2.81. The number of methoxy groups -OCH3 is 1. The monoisotopic (exact) mass is 325 g/mol. The standard InChI is InChI=1S/C12H12BrN3O3/c1-7-12(13)8(2)15(14-7)11-6-9(19-3)4-5-10(11)16(17)18/h4-6H,1-3H3. The Morgan fingerprint density at radius 2 is 2.11 bits per heavy atom. The number of hydrogen-bond acceptors (Lipinski definition) is 4. The van der Waals surface area contributed by atoms with E-state index in [0.717, 1.165) is 15.9 Å². The third-order valence-corrected chi connectivity index (χ3v) is 3.96. The number of ether oxygens (including phenoxy) is 1. The highest BCUT2D eigenvalue weighted by Gasteiger charge is 2.20. The predicted molar refractivity (Wildman–Crippen MR) is 73.9 cm³/mol. The van der Waals surface area contributed by atoms with Gasteiger partial charge in [0.1, 0.15) is 11.4 Å². The van der Waals surface area contributed by atoms with Crippen molar-refractivity contribution in [2.24, 2.45) is 0 Å². The summed E-state index contributed by atoms with van der Waals surface area (Å²) >= 11 is 3.41. The first-order valence-corrected chi connectivity index (χ1v) is 6.29. The van der Waals surface area contributed by atoms with Crippen LogP contribution in [-0.4, -0.2) is 21.8 Å². The van der Waals surface area contributed by atoms with E-state index in [0.29, 0.717) is 11.4 Å². The zero-order valence-corrected chi connectivity index (χ0v) is 12.3. The van der Waals surface area contributed by atoms with Gasteiger partial charge in [0.05, 0.1) is 27.9 Å². The normalized spacial score (nSPS) is 10.5. The van der Waals surface area contributed by atoms with Crippen molar-refractivity contribution >= 4 is 21.6 Å². The molecule has 1 heterocycles. The summed E-state index contributed by atoms with van der Waals surface area (Å²) < 4.78 is 7.49. The minimum absolute atomic E-state index is 0.0149. The van der Waals surface area contributed by atoms with Crippen LogP contribution >= 0.6 is 15.9 Å². The highest BCUT2D eigenvalue weighted by molar-refractivity contribution is 9.10. The fourth-order valence-corrected chi connectivity index (χ4v) is 2.06. The van der Waals surface area contributed by atoms with Crippen LogP contribution in [0.15, 0.2) is 22.7 Å². The fraction of sp³-hybridized carbons (Fsp3) is 0.250. The van der Waals surface area contributed by atoms with Crippen molar-refractivity contribution in [2.45, 2.75) is 13.8 Å². The first-order chi connectivity index (χ1) is 8.95. The molecule has 0 spiro atoms. The molecular weight excluding hydrogens is 314 g/mol. The summed E-state index contributed by atoms with van der Waals surface area (Å²) in [4.78, 5) is 10.7. The number of halogens is 1. The number of aromatic nitrogens is 2. The maximum absolute atomic E-state index is 11.1. The largest absolute Gasteiger partial charge is 0.497 e. The van der Waals surface area contributed by atoms with Gasteiger partial charge in [0.2, 0.25) is 0 Å². The molecule has 1 aromatic carbocycles. The van der Waals surface area contributed by atoms with Crippen LogP contribution < -0.4 is 4.74 Å². The van der Waals surface area contributed by atoms with Gasteiger partial charge < -0.3 is 4.74 Å². The average molecular weight is 326 g/mol. The molecule has 0 aliphatic heterocycles. The van der Waals surface area contributed by atoms with Crippen molar-refractivity contribution in [3.63, 3.8) is 0 Å². The van der Waals surface area contributed by atoms with Gasteiger partial charge in [-0.1, -0.05) is 0 Å². The van der Waals surface area contributed by atoms with E-state index in [1.165, 1.54) is 13.2 Å². The Balaban J connectivity index is 2.71. The number of nitro groups is 1. The maximum atomic E-state index is 11.1. The van der Waals surface area contributed by atoms with Gasteiger partial charge in [0, 0.05) is 12.1 Å². The van der Waals surface area contributed by atoms with Crippen molar-refractivity contribution in [3.05, 3.63) is 44.2 Å². The Hall–Kier alpha value is -1.89. The number of aryl methyl sites for hydroxylation is 1. The van der Waals surface area contributed by atoms with E-state index in [-0.39, 0.29) is 5.69 Å². The molecule has 2 aromatic rings. The van der Waals surface area contributed by atoms with Gasteiger partial charge in [0.15, 0.2) is 0 Å². The summed E-state index contributed by atoms with van der Waals surface area (Å²) in [6, 6.07) is 4.57. The Morgan fingerprint density at radius 3 is 2.58 bits per heavy atom. The van der Waals surface area contributed by atoms with E-state index in [2.05, 4.69) is 21.0 Å². The van der Waals surface area contributed by atoms with E-state index in [4.69, 9.17) is 4.74 Å². The lowest BCUT2D eigenvalue weighted by molar-refractivity contribution is -0.384. The molecule has 0 unspecified atom stereocenters. The molecule has 0 amide bonds. The molecule has 6 nitrogen and oxygen atoms in total. The van der Waals surface area contributed by atoms with Gasteiger partial charge in [-0.3, -0.25) is 10.1 Å². The Kier molecular flexibility index (Phi) is 3.57. The van der Waals surface area contributed by atoms with Crippen molar-refractivity contribution in [2.75, 3.05) is 7.11 Å². The zero-order chi connectivity index (χ0) is 14.2. The van der Waals surface area contributed by atoms with E-state index >= 15 is 0 Å². The first kappa shape index (κ1) is 13.5. The van der Waals surface area contributed by atoms with E-state index < -0.39 is 4.92 Å². The summed E-state index contributed by atoms with van der Waals surface area (Å²) in [5, 5.41) is 15.4. The second kappa shape index (κ2) is 5.00. The van der Waals surface area contributed by atoms with Crippen LogP contribution in [0.1, 0.15) is 11.4 Å². The molecule has 0 aliphatic carbocycles. The Labute approximate surface area is 118 Å². The lowest BCUT2D eigenvalue weighted by atomic mass is 10.2. The molecule has 7 heteroatoms. The smallest absolute Gasteiger partial charge is 0.295 e. The lowest BCUT2D eigenvalue weighted by Gasteiger charge is -2.07. The summed E-state index contributed by atoms with van der Waals surface area (Å²) in [5.41, 5.74) is 1.94. The molecule has 0 radical (unpaired) electrons. The number of hydrogen-bond donors (Lipinski definition) is 0. The predicted octanol–water partition coefficient (Wildman–Crippen LogP) is 3.17. The number of benzene rings is 1. The van der Waals surface area contributed by atoms with Gasteiger partial charge >= 0.3 is 0 Å². The van der Waals surface area contributed by atoms with E-state index in [1.807, 2.05) is 13.8 Å². The van der Waals surface area contributed by atoms with Crippen molar-refractivity contribution < 1.29 is 9.66 Å². The second-order valence-corrected chi connectivity index (χ2v) is 4.80. The quantitative estimate of drug-likeness (QED) is 0.642. The average Bonchev–Trinajstić information content (AvgIpc) is 2.65. The first-order valence-electron chi connectivity index (χ1n) is 5.50. The van der Waals surface area contributed by atoms with Crippen molar-refractivity contribution in [3.8, 4) is 11.4 Å². The summed E-state index contributed by atoms with van der Waals surface area (Å²) in [5.74, 6) is 0.546. The van der Waals surface area contributed by atoms with Crippen LogP contribution in [0.3, 0.4) is 0 Å². The van der Waals surface area contributed by atoms with Gasteiger partial charge in [0.25, 0.3) is 5.69 Å². The van der Waals surface area contributed by atoms with Crippen LogP contribution in [0.4, 0.5) is 5.69 Å². The highest BCUT2D eigenvalue weighted by Crippen LogP contribution is 2.30. The Morgan fingerprint density at radius 1 is 1.42 bits per heavy atom. The molecule has 0 atom stereocenters. The zero-order valence-electron chi connectivity index (χ0n) is 10.7. The Bertz CT molecular complexity index is 652. The molecular formula is C12H12BrN3O3. The molecule has 1 aromatic heterocycles. The van der Waals surface area contributed by atoms with E-state index in [1.54, 1.807) is 16.8 Å². The molecule has 0 fully saturated rings. The van der Waals surface area contributed by atoms with Crippen LogP contribution in [0.5, 0.6) is 5.75 Å². The summed E-state index contributed by atoms with van der Waals surface area (Å²) in [6.45, 7) is 3.67. The second-order valence-electron chi connectivity index (χ2n) is 4.01. The van der Waals surface area contributed by atoms with E-state index in [9.17, 15) is 10.1 Å². The summed E-state index contributed by atoms with van der Waals surface area (Å²) in [7, 11) is 1.52. The topological polar surface area (TPSA) is 70.2 Å². The molecule has 0 saturated heterocycles. The van der Waals surface area contributed by atoms with Gasteiger partial charge in [-0.15, -0.1) is 0 Å². The minimum atomic E-state index is -0.431. The molecule has 0 aliphatic rings. The van der Waals surface area contributed by atoms with Gasteiger partial charge in [-0.05, 0) is 35.8 Å². The maximum Gasteiger partial charge on any atom is 0.295 e. The summed E-state index contributed by atoms with van der Waals surface area (Å²) in [6.07, 6.45) is 0. The van der Waals surface area contributed by atoms with Crippen LogP contribution in [0, 0.1) is 24.0 Å². The van der Waals surface area contributed by atoms with Gasteiger partial charge in [-0.2, -0.15) is 5.10 Å². The molecule has 0 N–H and O–H groups in total. The van der Waals surface area contributed by atoms with Gasteiger partial charge in [-0.25, -0.2) is 4.68 Å².